The second-order valence-electron chi connectivity index (χ2n) is 5.04. The normalized spacial score (nSPS) is 13.1. The molecule has 0 saturated carbocycles. The van der Waals surface area contributed by atoms with Crippen molar-refractivity contribution in [2.24, 2.45) is 0 Å². The Morgan fingerprint density at radius 1 is 1.15 bits per heavy atom. The first kappa shape index (κ1) is 13.4. The smallest absolute Gasteiger partial charge is 0.275 e. The van der Waals surface area contributed by atoms with E-state index in [0.29, 0.717) is 0 Å². The summed E-state index contributed by atoms with van der Waals surface area (Å²) in [5, 5.41) is 0. The Hall–Kier alpha value is 0.411. The van der Waals surface area contributed by atoms with Gasteiger partial charge in [-0.05, 0) is 38.8 Å². The molecule has 0 aliphatic rings. The van der Waals surface area contributed by atoms with Gasteiger partial charge in [-0.2, -0.15) is 0 Å². The van der Waals surface area contributed by atoms with Gasteiger partial charge in [-0.15, -0.1) is 0 Å². The van der Waals surface area contributed by atoms with Gasteiger partial charge in [0.15, 0.2) is 16.6 Å². The fraction of sp³-hybridized carbons (Fsp3) is 1.00. The topological polar surface area (TPSA) is 26.3 Å². The molecule has 0 aromatic heterocycles. The first-order valence-corrected chi connectivity index (χ1v) is 13.2. The first-order chi connectivity index (χ1) is 5.66. The summed E-state index contributed by atoms with van der Waals surface area (Å²) in [6.45, 7) is 13.0. The van der Waals surface area contributed by atoms with Crippen LogP contribution in [-0.4, -0.2) is 25.3 Å². The van der Waals surface area contributed by atoms with E-state index >= 15 is 0 Å². The zero-order valence-electron chi connectivity index (χ0n) is 9.73. The second-order valence-corrected chi connectivity index (χ2v) is 16.8. The van der Waals surface area contributed by atoms with E-state index < -0.39 is 25.3 Å². The Balaban J connectivity index is 4.16. The molecule has 0 aromatic rings. The number of hydrogen-bond acceptors (Lipinski definition) is 2. The standard InChI is InChI=1S/C8H22O2Si3/c1-7-11(9)8-13(5,6)10-12(2,3)4/h7-8H2,1-6H3. The number of rotatable bonds is 5. The molecule has 0 rings (SSSR count). The molecule has 0 heterocycles. The van der Waals surface area contributed by atoms with Crippen molar-refractivity contribution in [3.05, 3.63) is 0 Å². The van der Waals surface area contributed by atoms with Crippen LogP contribution in [0.3, 0.4) is 0 Å². The van der Waals surface area contributed by atoms with Gasteiger partial charge in [-0.25, -0.2) is 0 Å². The van der Waals surface area contributed by atoms with Crippen molar-refractivity contribution in [3.8, 4) is 0 Å². The van der Waals surface area contributed by atoms with Crippen LogP contribution in [0.15, 0.2) is 0 Å². The van der Waals surface area contributed by atoms with Crippen molar-refractivity contribution in [1.29, 1.82) is 0 Å². The minimum absolute atomic E-state index is 0.830. The molecule has 0 radical (unpaired) electrons. The van der Waals surface area contributed by atoms with Crippen LogP contribution >= 0.6 is 0 Å². The first-order valence-electron chi connectivity index (χ1n) is 4.88. The van der Waals surface area contributed by atoms with Crippen molar-refractivity contribution in [3.63, 3.8) is 0 Å². The lowest BCUT2D eigenvalue weighted by Gasteiger charge is -2.30. The lowest BCUT2D eigenvalue weighted by Crippen LogP contribution is -2.43. The zero-order valence-corrected chi connectivity index (χ0v) is 12.7. The monoisotopic (exact) mass is 234 g/mol. The predicted octanol–water partition coefficient (Wildman–Crippen LogP) is 3.02. The van der Waals surface area contributed by atoms with Crippen LogP contribution < -0.4 is 0 Å². The van der Waals surface area contributed by atoms with E-state index in [1.165, 1.54) is 0 Å². The van der Waals surface area contributed by atoms with Crippen molar-refractivity contribution in [1.82, 2.24) is 0 Å². The van der Waals surface area contributed by atoms with Crippen LogP contribution in [0, 0.1) is 0 Å². The molecule has 2 nitrogen and oxygen atoms in total. The molecule has 0 saturated heterocycles. The fourth-order valence-corrected chi connectivity index (χ4v) is 13.8. The van der Waals surface area contributed by atoms with Crippen LogP contribution in [0.1, 0.15) is 6.92 Å². The van der Waals surface area contributed by atoms with E-state index in [1.54, 1.807) is 0 Å². The molecule has 0 atom stereocenters. The largest absolute Gasteiger partial charge is 0.456 e. The molecule has 0 fully saturated rings. The van der Waals surface area contributed by atoms with Crippen molar-refractivity contribution in [2.75, 3.05) is 0 Å². The molecule has 0 aliphatic carbocycles. The van der Waals surface area contributed by atoms with Crippen LogP contribution in [0.25, 0.3) is 0 Å². The molecule has 5 heteroatoms. The Morgan fingerprint density at radius 2 is 1.62 bits per heavy atom. The Bertz CT molecular complexity index is 184. The summed E-state index contributed by atoms with van der Waals surface area (Å²) < 4.78 is 17.6. The van der Waals surface area contributed by atoms with Gasteiger partial charge < -0.3 is 8.58 Å². The average Bonchev–Trinajstić information content (AvgIpc) is 1.80. The van der Waals surface area contributed by atoms with E-state index in [2.05, 4.69) is 32.7 Å². The van der Waals surface area contributed by atoms with Crippen LogP contribution in [0.5, 0.6) is 0 Å². The van der Waals surface area contributed by atoms with Crippen LogP contribution in [0.4, 0.5) is 0 Å². The van der Waals surface area contributed by atoms with E-state index in [9.17, 15) is 4.46 Å². The minimum atomic E-state index is -1.63. The average molecular weight is 235 g/mol. The third-order valence-corrected chi connectivity index (χ3v) is 12.0. The lowest BCUT2D eigenvalue weighted by molar-refractivity contribution is 0.542. The van der Waals surface area contributed by atoms with Gasteiger partial charge in [0, 0.05) is 5.67 Å². The third kappa shape index (κ3) is 7.48. The molecule has 78 valence electrons. The van der Waals surface area contributed by atoms with Crippen molar-refractivity contribution < 1.29 is 8.58 Å². The molecular weight excluding hydrogens is 212 g/mol. The van der Waals surface area contributed by atoms with Gasteiger partial charge in [0.25, 0.3) is 8.68 Å². The van der Waals surface area contributed by atoms with Gasteiger partial charge in [-0.1, -0.05) is 6.92 Å². The molecule has 0 N–H and O–H groups in total. The minimum Gasteiger partial charge on any atom is -0.456 e. The molecule has 0 aliphatic heterocycles. The molecule has 0 aromatic carbocycles. The van der Waals surface area contributed by atoms with Gasteiger partial charge >= 0.3 is 0 Å². The van der Waals surface area contributed by atoms with E-state index in [1.807, 2.05) is 6.92 Å². The summed E-state index contributed by atoms with van der Waals surface area (Å²) in [5.41, 5.74) is 0.860. The summed E-state index contributed by atoms with van der Waals surface area (Å²) >= 11 is 0. The summed E-state index contributed by atoms with van der Waals surface area (Å²) in [5.74, 6) is 0. The van der Waals surface area contributed by atoms with Crippen LogP contribution in [-0.2, 0) is 8.58 Å². The number of hydrogen-bond donors (Lipinski definition) is 0. The molecule has 0 unspecified atom stereocenters. The van der Waals surface area contributed by atoms with Gasteiger partial charge in [0.2, 0.25) is 0 Å². The second kappa shape index (κ2) is 4.77. The summed E-state index contributed by atoms with van der Waals surface area (Å²) in [6.07, 6.45) is 0. The van der Waals surface area contributed by atoms with Gasteiger partial charge in [-0.3, -0.25) is 0 Å². The SMILES string of the molecule is CC[Si](=O)C[Si](C)(C)O[Si](C)(C)C. The highest BCUT2D eigenvalue weighted by Gasteiger charge is 2.31. The maximum Gasteiger partial charge on any atom is 0.275 e. The third-order valence-electron chi connectivity index (χ3n) is 1.60. The fourth-order valence-electron chi connectivity index (χ4n) is 1.46. The van der Waals surface area contributed by atoms with E-state index in [-0.39, 0.29) is 0 Å². The van der Waals surface area contributed by atoms with Crippen LogP contribution in [0.2, 0.25) is 44.4 Å². The predicted molar refractivity (Wildman–Crippen MR) is 63.6 cm³/mol. The molecular formula is C8H22O2Si3. The highest BCUT2D eigenvalue weighted by molar-refractivity contribution is 6.88. The Labute approximate surface area is 85.6 Å². The van der Waals surface area contributed by atoms with E-state index in [0.717, 1.165) is 11.7 Å². The van der Waals surface area contributed by atoms with Crippen molar-refractivity contribution in [2.45, 2.75) is 51.4 Å². The molecule has 0 bridgehead atoms. The van der Waals surface area contributed by atoms with Gasteiger partial charge in [0.05, 0.1) is 0 Å². The summed E-state index contributed by atoms with van der Waals surface area (Å²) in [6, 6.07) is 0.830. The van der Waals surface area contributed by atoms with E-state index in [4.69, 9.17) is 4.12 Å². The lowest BCUT2D eigenvalue weighted by atomic mass is 11.0. The van der Waals surface area contributed by atoms with Gasteiger partial charge in [0.1, 0.15) is 0 Å². The highest BCUT2D eigenvalue weighted by atomic mass is 28.4. The maximum atomic E-state index is 11.5. The maximum absolute atomic E-state index is 11.5. The molecule has 13 heavy (non-hydrogen) atoms. The zero-order chi connectivity index (χ0) is 10.7. The summed E-state index contributed by atoms with van der Waals surface area (Å²) in [4.78, 5) is 0. The van der Waals surface area contributed by atoms with Crippen molar-refractivity contribution >= 4 is 25.3 Å². The summed E-state index contributed by atoms with van der Waals surface area (Å²) in [7, 11) is -4.41. The molecule has 0 spiro atoms. The quantitative estimate of drug-likeness (QED) is 0.684. The Morgan fingerprint density at radius 3 is 1.92 bits per heavy atom. The highest BCUT2D eigenvalue weighted by Crippen LogP contribution is 2.18. The Kier molecular flexibility index (Phi) is 4.92. The molecule has 0 amide bonds.